The lowest BCUT2D eigenvalue weighted by Crippen LogP contribution is -2.50. The van der Waals surface area contributed by atoms with E-state index in [-0.39, 0.29) is 6.09 Å². The van der Waals surface area contributed by atoms with Crippen LogP contribution in [0.25, 0.3) is 0 Å². The lowest BCUT2D eigenvalue weighted by atomic mass is 10.2. The molecule has 1 fully saturated rings. The van der Waals surface area contributed by atoms with E-state index in [1.807, 2.05) is 20.8 Å². The molecule has 0 aliphatic carbocycles. The van der Waals surface area contributed by atoms with Gasteiger partial charge in [-0.05, 0) is 26.8 Å². The van der Waals surface area contributed by atoms with E-state index in [4.69, 9.17) is 15.2 Å². The minimum atomic E-state index is -0.479. The molecule has 0 atom stereocenters. The third-order valence-electron chi connectivity index (χ3n) is 3.32. The van der Waals surface area contributed by atoms with Gasteiger partial charge in [-0.25, -0.2) is 4.79 Å². The highest BCUT2D eigenvalue weighted by Gasteiger charge is 2.27. The van der Waals surface area contributed by atoms with Crippen LogP contribution in [0.2, 0.25) is 0 Å². The molecule has 2 N–H and O–H groups in total. The smallest absolute Gasteiger partial charge is 0.410 e. The summed E-state index contributed by atoms with van der Waals surface area (Å²) in [5, 5.41) is 0. The Balaban J connectivity index is 1.99. The van der Waals surface area contributed by atoms with E-state index in [0.29, 0.717) is 43.6 Å². The number of methoxy groups -OCH3 is 1. The molecule has 22 heavy (non-hydrogen) atoms. The van der Waals surface area contributed by atoms with Crippen molar-refractivity contribution in [3.8, 4) is 5.88 Å². The molecule has 1 amide bonds. The van der Waals surface area contributed by atoms with Crippen molar-refractivity contribution < 1.29 is 14.3 Å². The van der Waals surface area contributed by atoms with Crippen LogP contribution in [0.5, 0.6) is 5.88 Å². The average molecular weight is 308 g/mol. The van der Waals surface area contributed by atoms with Crippen LogP contribution in [0, 0.1) is 0 Å². The number of nitrogens with two attached hydrogens (primary N) is 1. The number of piperazine rings is 1. The third-order valence-corrected chi connectivity index (χ3v) is 3.32. The maximum absolute atomic E-state index is 12.0. The van der Waals surface area contributed by atoms with Crippen molar-refractivity contribution >= 4 is 17.6 Å². The van der Waals surface area contributed by atoms with Crippen LogP contribution in [0.1, 0.15) is 20.8 Å². The molecular formula is C15H24N4O3. The zero-order valence-corrected chi connectivity index (χ0v) is 13.6. The molecule has 0 saturated carbocycles. The van der Waals surface area contributed by atoms with Crippen LogP contribution >= 0.6 is 0 Å². The summed E-state index contributed by atoms with van der Waals surface area (Å²) in [6.07, 6.45) is -0.279. The van der Waals surface area contributed by atoms with Gasteiger partial charge >= 0.3 is 6.09 Å². The highest BCUT2D eigenvalue weighted by molar-refractivity contribution is 5.69. The van der Waals surface area contributed by atoms with Crippen LogP contribution in [0.15, 0.2) is 12.1 Å². The number of nitrogen functional groups attached to an aromatic ring is 1. The number of amides is 1. The SMILES string of the molecule is COc1ccc(N)c(N2CCN(C(=O)OC(C)(C)C)CC2)n1. The number of hydrogen-bond acceptors (Lipinski definition) is 6. The Morgan fingerprint density at radius 3 is 2.41 bits per heavy atom. The van der Waals surface area contributed by atoms with E-state index in [2.05, 4.69) is 9.88 Å². The summed E-state index contributed by atoms with van der Waals surface area (Å²) < 4.78 is 10.5. The summed E-state index contributed by atoms with van der Waals surface area (Å²) >= 11 is 0. The summed E-state index contributed by atoms with van der Waals surface area (Å²) in [6, 6.07) is 3.51. The standard InChI is InChI=1S/C15H24N4O3/c1-15(2,3)22-14(20)19-9-7-18(8-10-19)13-11(16)5-6-12(17-13)21-4/h5-6H,7-10,16H2,1-4H3. The number of rotatable bonds is 2. The molecular weight excluding hydrogens is 284 g/mol. The first kappa shape index (κ1) is 16.2. The molecule has 122 valence electrons. The van der Waals surface area contributed by atoms with Gasteiger partial charge in [0.2, 0.25) is 5.88 Å². The normalized spacial score (nSPS) is 15.6. The Kier molecular flexibility index (Phi) is 4.63. The maximum Gasteiger partial charge on any atom is 0.410 e. The lowest BCUT2D eigenvalue weighted by Gasteiger charge is -2.36. The predicted octanol–water partition coefficient (Wildman–Crippen LogP) is 1.73. The summed E-state index contributed by atoms with van der Waals surface area (Å²) in [5.74, 6) is 1.22. The number of nitrogens with zero attached hydrogens (tertiary/aromatic N) is 3. The highest BCUT2D eigenvalue weighted by Crippen LogP contribution is 2.25. The van der Waals surface area contributed by atoms with Crippen molar-refractivity contribution in [2.24, 2.45) is 0 Å². The van der Waals surface area contributed by atoms with Gasteiger partial charge in [-0.15, -0.1) is 0 Å². The number of anilines is 2. The second kappa shape index (κ2) is 6.29. The van der Waals surface area contributed by atoms with E-state index in [0.717, 1.165) is 0 Å². The second-order valence-electron chi connectivity index (χ2n) is 6.22. The topological polar surface area (TPSA) is 80.9 Å². The lowest BCUT2D eigenvalue weighted by molar-refractivity contribution is 0.0240. The van der Waals surface area contributed by atoms with E-state index in [9.17, 15) is 4.79 Å². The van der Waals surface area contributed by atoms with Gasteiger partial charge in [0, 0.05) is 32.2 Å². The summed E-state index contributed by atoms with van der Waals surface area (Å²) in [4.78, 5) is 20.2. The molecule has 0 aromatic carbocycles. The fraction of sp³-hybridized carbons (Fsp3) is 0.600. The number of ether oxygens (including phenoxy) is 2. The molecule has 0 radical (unpaired) electrons. The molecule has 7 nitrogen and oxygen atoms in total. The molecule has 1 aliphatic heterocycles. The summed E-state index contributed by atoms with van der Waals surface area (Å²) in [6.45, 7) is 8.06. The predicted molar refractivity (Wildman–Crippen MR) is 85.2 cm³/mol. The van der Waals surface area contributed by atoms with Gasteiger partial charge in [-0.3, -0.25) is 0 Å². The highest BCUT2D eigenvalue weighted by atomic mass is 16.6. The van der Waals surface area contributed by atoms with Crippen LogP contribution in [0.3, 0.4) is 0 Å². The van der Waals surface area contributed by atoms with E-state index >= 15 is 0 Å². The van der Waals surface area contributed by atoms with Crippen LogP contribution in [-0.2, 0) is 4.74 Å². The first-order valence-corrected chi connectivity index (χ1v) is 7.33. The number of carbonyl (C=O) groups excluding carboxylic acids is 1. The van der Waals surface area contributed by atoms with Crippen molar-refractivity contribution in [2.45, 2.75) is 26.4 Å². The molecule has 7 heteroatoms. The van der Waals surface area contributed by atoms with E-state index in [1.54, 1.807) is 24.1 Å². The molecule has 0 unspecified atom stereocenters. The number of pyridine rings is 1. The minimum absolute atomic E-state index is 0.279. The fourth-order valence-corrected chi connectivity index (χ4v) is 2.24. The Morgan fingerprint density at radius 1 is 1.23 bits per heavy atom. The van der Waals surface area contributed by atoms with Crippen LogP contribution < -0.4 is 15.4 Å². The Hall–Kier alpha value is -2.18. The number of hydrogen-bond donors (Lipinski definition) is 1. The Morgan fingerprint density at radius 2 is 1.86 bits per heavy atom. The Bertz CT molecular complexity index is 534. The Labute approximate surface area is 131 Å². The maximum atomic E-state index is 12.0. The van der Waals surface area contributed by atoms with Crippen LogP contribution in [0.4, 0.5) is 16.3 Å². The molecule has 1 aromatic heterocycles. The first-order valence-electron chi connectivity index (χ1n) is 7.33. The van der Waals surface area contributed by atoms with Crippen molar-refractivity contribution in [1.29, 1.82) is 0 Å². The molecule has 0 spiro atoms. The van der Waals surface area contributed by atoms with Crippen molar-refractivity contribution in [3.63, 3.8) is 0 Å². The van der Waals surface area contributed by atoms with E-state index < -0.39 is 5.60 Å². The van der Waals surface area contributed by atoms with Gasteiger partial charge < -0.3 is 25.0 Å². The minimum Gasteiger partial charge on any atom is -0.481 e. The second-order valence-corrected chi connectivity index (χ2v) is 6.22. The average Bonchev–Trinajstić information content (AvgIpc) is 2.46. The number of carbonyl (C=O) groups is 1. The van der Waals surface area contributed by atoms with Gasteiger partial charge in [0.25, 0.3) is 0 Å². The van der Waals surface area contributed by atoms with E-state index in [1.165, 1.54) is 0 Å². The van der Waals surface area contributed by atoms with Gasteiger partial charge in [-0.1, -0.05) is 0 Å². The van der Waals surface area contributed by atoms with Gasteiger partial charge in [0.1, 0.15) is 5.60 Å². The third kappa shape index (κ3) is 3.93. The van der Waals surface area contributed by atoms with Crippen molar-refractivity contribution in [2.75, 3.05) is 43.9 Å². The first-order chi connectivity index (χ1) is 10.3. The van der Waals surface area contributed by atoms with Gasteiger partial charge in [0.05, 0.1) is 12.8 Å². The van der Waals surface area contributed by atoms with Gasteiger partial charge in [0.15, 0.2) is 5.82 Å². The quantitative estimate of drug-likeness (QED) is 0.896. The zero-order valence-electron chi connectivity index (χ0n) is 13.6. The summed E-state index contributed by atoms with van der Waals surface area (Å²) in [5.41, 5.74) is 6.11. The summed E-state index contributed by atoms with van der Waals surface area (Å²) in [7, 11) is 1.57. The van der Waals surface area contributed by atoms with Gasteiger partial charge in [-0.2, -0.15) is 4.98 Å². The van der Waals surface area contributed by atoms with Crippen LogP contribution in [-0.4, -0.2) is 54.9 Å². The zero-order chi connectivity index (χ0) is 16.3. The fourth-order valence-electron chi connectivity index (χ4n) is 2.24. The molecule has 1 saturated heterocycles. The molecule has 2 heterocycles. The molecule has 0 bridgehead atoms. The largest absolute Gasteiger partial charge is 0.481 e. The van der Waals surface area contributed by atoms with Crippen molar-refractivity contribution in [3.05, 3.63) is 12.1 Å². The molecule has 1 aliphatic rings. The van der Waals surface area contributed by atoms with Crippen molar-refractivity contribution in [1.82, 2.24) is 9.88 Å². The number of aromatic nitrogens is 1. The molecule has 2 rings (SSSR count). The molecule has 1 aromatic rings. The monoisotopic (exact) mass is 308 g/mol.